The van der Waals surface area contributed by atoms with Gasteiger partial charge in [-0.15, -0.1) is 10.2 Å². The van der Waals surface area contributed by atoms with Crippen LogP contribution in [0.15, 0.2) is 29.4 Å². The molecule has 22 heavy (non-hydrogen) atoms. The Kier molecular flexibility index (Phi) is 3.84. The second-order valence-electron chi connectivity index (χ2n) is 5.07. The van der Waals surface area contributed by atoms with Crippen molar-refractivity contribution in [2.75, 3.05) is 10.7 Å². The predicted octanol–water partition coefficient (Wildman–Crippen LogP) is 1.47. The fourth-order valence-electron chi connectivity index (χ4n) is 2.06. The Morgan fingerprint density at radius 2 is 2.05 bits per heavy atom. The Morgan fingerprint density at radius 1 is 1.32 bits per heavy atom. The number of aryl methyl sites for hydroxylation is 2. The lowest BCUT2D eigenvalue weighted by Crippen LogP contribution is -2.38. The number of benzene rings is 1. The third-order valence-electron chi connectivity index (χ3n) is 3.26. The van der Waals surface area contributed by atoms with Gasteiger partial charge in [-0.05, 0) is 26.0 Å². The Morgan fingerprint density at radius 3 is 2.77 bits per heavy atom. The van der Waals surface area contributed by atoms with Gasteiger partial charge in [-0.3, -0.25) is 15.0 Å². The quantitative estimate of drug-likeness (QED) is 0.895. The molecule has 8 heteroatoms. The highest BCUT2D eigenvalue weighted by molar-refractivity contribution is 8.00. The zero-order chi connectivity index (χ0) is 15.7. The smallest absolute Gasteiger partial charge is 0.253 e. The van der Waals surface area contributed by atoms with Gasteiger partial charge in [0.05, 0.1) is 0 Å². The number of hydrogen-bond acceptors (Lipinski definition) is 5. The van der Waals surface area contributed by atoms with Crippen LogP contribution < -0.4 is 10.7 Å². The van der Waals surface area contributed by atoms with Crippen molar-refractivity contribution in [3.05, 3.63) is 35.7 Å². The van der Waals surface area contributed by atoms with Crippen LogP contribution in [-0.2, 0) is 9.59 Å². The summed E-state index contributed by atoms with van der Waals surface area (Å²) in [5.74, 6) is 0.180. The van der Waals surface area contributed by atoms with E-state index in [4.69, 9.17) is 0 Å². The molecule has 1 atom stereocenters. The topological polar surface area (TPSA) is 88.9 Å². The zero-order valence-corrected chi connectivity index (χ0v) is 13.0. The molecule has 2 heterocycles. The Hall–Kier alpha value is -2.35. The lowest BCUT2D eigenvalue weighted by molar-refractivity contribution is -0.121. The van der Waals surface area contributed by atoms with E-state index in [9.17, 15) is 9.59 Å². The Balaban J connectivity index is 1.64. The van der Waals surface area contributed by atoms with Gasteiger partial charge >= 0.3 is 0 Å². The molecule has 2 aromatic rings. The van der Waals surface area contributed by atoms with Crippen LogP contribution in [0.3, 0.4) is 0 Å². The van der Waals surface area contributed by atoms with E-state index < -0.39 is 5.25 Å². The molecule has 2 amide bonds. The Labute approximate surface area is 131 Å². The first-order valence-corrected chi connectivity index (χ1v) is 7.67. The molecule has 0 spiro atoms. The van der Waals surface area contributed by atoms with Crippen LogP contribution in [0.1, 0.15) is 17.8 Å². The van der Waals surface area contributed by atoms with Crippen LogP contribution in [0.2, 0.25) is 0 Å². The van der Waals surface area contributed by atoms with E-state index in [0.717, 1.165) is 11.3 Å². The molecule has 1 unspecified atom stereocenters. The van der Waals surface area contributed by atoms with Gasteiger partial charge in [-0.25, -0.2) is 4.68 Å². The zero-order valence-electron chi connectivity index (χ0n) is 12.2. The van der Waals surface area contributed by atoms with Crippen LogP contribution in [0.4, 0.5) is 5.69 Å². The van der Waals surface area contributed by atoms with Gasteiger partial charge in [-0.2, -0.15) is 0 Å². The van der Waals surface area contributed by atoms with Gasteiger partial charge in [-0.1, -0.05) is 29.5 Å². The fraction of sp³-hybridized carbons (Fsp3) is 0.286. The lowest BCUT2D eigenvalue weighted by atomic mass is 10.2. The van der Waals surface area contributed by atoms with Crippen molar-refractivity contribution in [1.29, 1.82) is 0 Å². The number of rotatable bonds is 3. The molecule has 1 aromatic heterocycles. The first-order valence-electron chi connectivity index (χ1n) is 6.79. The molecule has 7 nitrogen and oxygen atoms in total. The molecule has 0 fully saturated rings. The SMILES string of the molecule is Cc1ccc(NC(=O)CC2Sc3nnc(C)n3NC2=O)cc1. The summed E-state index contributed by atoms with van der Waals surface area (Å²) in [6.07, 6.45) is 0.0796. The third kappa shape index (κ3) is 2.96. The fourth-order valence-corrected chi connectivity index (χ4v) is 3.08. The maximum absolute atomic E-state index is 12.1. The van der Waals surface area contributed by atoms with E-state index in [1.807, 2.05) is 31.2 Å². The number of nitrogens with zero attached hydrogens (tertiary/aromatic N) is 3. The van der Waals surface area contributed by atoms with Crippen LogP contribution in [0.25, 0.3) is 0 Å². The first-order chi connectivity index (χ1) is 10.5. The average Bonchev–Trinajstić information content (AvgIpc) is 2.83. The van der Waals surface area contributed by atoms with E-state index >= 15 is 0 Å². The van der Waals surface area contributed by atoms with Crippen molar-refractivity contribution >= 4 is 29.3 Å². The summed E-state index contributed by atoms with van der Waals surface area (Å²) in [4.78, 5) is 24.1. The van der Waals surface area contributed by atoms with Gasteiger partial charge in [0.2, 0.25) is 11.1 Å². The molecule has 2 N–H and O–H groups in total. The highest BCUT2D eigenvalue weighted by Gasteiger charge is 2.31. The van der Waals surface area contributed by atoms with Crippen LogP contribution in [0.5, 0.6) is 0 Å². The van der Waals surface area contributed by atoms with Crippen molar-refractivity contribution in [3.8, 4) is 0 Å². The minimum absolute atomic E-state index is 0.0796. The number of anilines is 1. The van der Waals surface area contributed by atoms with E-state index in [2.05, 4.69) is 20.9 Å². The number of amides is 2. The number of carbonyl (C=O) groups excluding carboxylic acids is 2. The molecule has 0 bridgehead atoms. The normalized spacial score (nSPS) is 16.8. The van der Waals surface area contributed by atoms with Gasteiger partial charge in [0, 0.05) is 12.1 Å². The summed E-state index contributed by atoms with van der Waals surface area (Å²) in [6, 6.07) is 7.51. The lowest BCUT2D eigenvalue weighted by Gasteiger charge is -2.22. The largest absolute Gasteiger partial charge is 0.326 e. The second-order valence-corrected chi connectivity index (χ2v) is 6.24. The number of aromatic nitrogens is 3. The Bertz CT molecular complexity index is 725. The first kappa shape index (κ1) is 14.6. The van der Waals surface area contributed by atoms with Crippen molar-refractivity contribution in [1.82, 2.24) is 14.9 Å². The summed E-state index contributed by atoms with van der Waals surface area (Å²) in [6.45, 7) is 3.73. The maximum atomic E-state index is 12.1. The number of nitrogens with one attached hydrogen (secondary N) is 2. The van der Waals surface area contributed by atoms with Crippen LogP contribution in [0, 0.1) is 13.8 Å². The molecular formula is C14H15N5O2S. The van der Waals surface area contributed by atoms with E-state index in [1.54, 1.807) is 6.92 Å². The number of hydrogen-bond donors (Lipinski definition) is 2. The van der Waals surface area contributed by atoms with E-state index in [0.29, 0.717) is 11.0 Å². The number of carbonyl (C=O) groups is 2. The van der Waals surface area contributed by atoms with Gasteiger partial charge in [0.15, 0.2) is 0 Å². The monoisotopic (exact) mass is 317 g/mol. The van der Waals surface area contributed by atoms with E-state index in [-0.39, 0.29) is 18.2 Å². The van der Waals surface area contributed by atoms with Crippen molar-refractivity contribution in [2.45, 2.75) is 30.7 Å². The molecule has 0 saturated carbocycles. The maximum Gasteiger partial charge on any atom is 0.253 e. The van der Waals surface area contributed by atoms with Crippen molar-refractivity contribution in [3.63, 3.8) is 0 Å². The molecular weight excluding hydrogens is 302 g/mol. The summed E-state index contributed by atoms with van der Waals surface area (Å²) < 4.78 is 1.53. The summed E-state index contributed by atoms with van der Waals surface area (Å²) >= 11 is 1.24. The van der Waals surface area contributed by atoms with E-state index in [1.165, 1.54) is 16.4 Å². The standard InChI is InChI=1S/C14H15N5O2S/c1-8-3-5-10(6-4-8)15-12(20)7-11-13(21)18-19-9(2)16-17-14(19)22-11/h3-6,11H,7H2,1-2H3,(H,15,20)(H,18,21). The van der Waals surface area contributed by atoms with Crippen LogP contribution in [-0.4, -0.2) is 31.9 Å². The molecule has 1 aliphatic rings. The molecule has 114 valence electrons. The number of thioether (sulfide) groups is 1. The van der Waals surface area contributed by atoms with Crippen molar-refractivity contribution < 1.29 is 9.59 Å². The molecule has 0 radical (unpaired) electrons. The molecule has 1 aromatic carbocycles. The summed E-state index contributed by atoms with van der Waals surface area (Å²) in [5, 5.41) is 10.7. The molecule has 1 aliphatic heterocycles. The molecule has 0 saturated heterocycles. The highest BCUT2D eigenvalue weighted by atomic mass is 32.2. The van der Waals surface area contributed by atoms with Crippen LogP contribution >= 0.6 is 11.8 Å². The van der Waals surface area contributed by atoms with Gasteiger partial charge in [0.25, 0.3) is 5.91 Å². The third-order valence-corrected chi connectivity index (χ3v) is 4.40. The summed E-state index contributed by atoms with van der Waals surface area (Å²) in [5.41, 5.74) is 4.53. The highest BCUT2D eigenvalue weighted by Crippen LogP contribution is 2.28. The van der Waals surface area contributed by atoms with Gasteiger partial charge < -0.3 is 5.32 Å². The average molecular weight is 317 g/mol. The second kappa shape index (κ2) is 5.80. The minimum atomic E-state index is -0.512. The molecule has 3 rings (SSSR count). The number of fused-ring (bicyclic) bond motifs is 1. The van der Waals surface area contributed by atoms with Crippen molar-refractivity contribution in [2.24, 2.45) is 0 Å². The molecule has 0 aliphatic carbocycles. The van der Waals surface area contributed by atoms with Gasteiger partial charge in [0.1, 0.15) is 11.1 Å². The predicted molar refractivity (Wildman–Crippen MR) is 83.2 cm³/mol. The summed E-state index contributed by atoms with van der Waals surface area (Å²) in [7, 11) is 0. The minimum Gasteiger partial charge on any atom is -0.326 e.